The minimum atomic E-state index is -0.840. The second kappa shape index (κ2) is 9.00. The van der Waals surface area contributed by atoms with Gasteiger partial charge in [0.2, 0.25) is 0 Å². The van der Waals surface area contributed by atoms with Crippen LogP contribution in [-0.4, -0.2) is 9.97 Å². The first-order chi connectivity index (χ1) is 13.5. The van der Waals surface area contributed by atoms with E-state index in [9.17, 15) is 8.78 Å². The molecule has 4 rings (SSSR count). The van der Waals surface area contributed by atoms with Crippen LogP contribution in [0.3, 0.4) is 0 Å². The van der Waals surface area contributed by atoms with Crippen LogP contribution in [-0.2, 0) is 0 Å². The van der Waals surface area contributed by atoms with Crippen LogP contribution in [0.1, 0.15) is 11.4 Å². The lowest BCUT2D eigenvalue weighted by Crippen LogP contribution is -1.87. The molecule has 0 radical (unpaired) electrons. The number of benzene rings is 2. The maximum atomic E-state index is 12.9. The fourth-order valence-corrected chi connectivity index (χ4v) is 2.58. The van der Waals surface area contributed by atoms with Crippen molar-refractivity contribution in [3.8, 4) is 22.3 Å². The fraction of sp³-hybridized carbons (Fsp3) is 0.0833. The molecule has 0 bridgehead atoms. The van der Waals surface area contributed by atoms with Gasteiger partial charge in [0.1, 0.15) is 0 Å². The second-order valence-corrected chi connectivity index (χ2v) is 6.37. The first-order valence-corrected chi connectivity index (χ1v) is 8.89. The summed E-state index contributed by atoms with van der Waals surface area (Å²) in [4.78, 5) is 8.35. The van der Waals surface area contributed by atoms with Gasteiger partial charge in [0.25, 0.3) is 0 Å². The molecular weight excluding hydrogens is 354 g/mol. The number of rotatable bonds is 2. The zero-order valence-electron chi connectivity index (χ0n) is 15.7. The number of hydrogen-bond donors (Lipinski definition) is 0. The van der Waals surface area contributed by atoms with Gasteiger partial charge >= 0.3 is 0 Å². The highest BCUT2D eigenvalue weighted by Crippen LogP contribution is 2.20. The Labute approximate surface area is 163 Å². The summed E-state index contributed by atoms with van der Waals surface area (Å²) in [6.07, 6.45) is 3.55. The summed E-state index contributed by atoms with van der Waals surface area (Å²) in [6, 6.07) is 21.9. The quantitative estimate of drug-likeness (QED) is 0.406. The molecule has 0 aliphatic heterocycles. The molecule has 2 aromatic carbocycles. The van der Waals surface area contributed by atoms with Gasteiger partial charge < -0.3 is 0 Å². The molecule has 0 unspecified atom stereocenters. The van der Waals surface area contributed by atoms with Gasteiger partial charge in [-0.05, 0) is 49.2 Å². The van der Waals surface area contributed by atoms with Crippen molar-refractivity contribution in [2.45, 2.75) is 13.8 Å². The van der Waals surface area contributed by atoms with E-state index in [-0.39, 0.29) is 0 Å². The Kier molecular flexibility index (Phi) is 6.22. The van der Waals surface area contributed by atoms with Crippen LogP contribution < -0.4 is 0 Å². The summed E-state index contributed by atoms with van der Waals surface area (Å²) in [5.41, 5.74) is 5.74. The number of pyridine rings is 2. The molecule has 0 atom stereocenters. The molecule has 0 fully saturated rings. The van der Waals surface area contributed by atoms with Crippen molar-refractivity contribution < 1.29 is 8.78 Å². The SMILES string of the molecule is Cc1ccc(-c2ccc(F)c(F)c2)cn1.Cc1ccc(-c2ccccc2)cn1. The molecule has 0 amide bonds. The molecule has 0 spiro atoms. The Hall–Kier alpha value is -3.40. The normalized spacial score (nSPS) is 10.1. The first kappa shape index (κ1) is 19.4. The highest BCUT2D eigenvalue weighted by Gasteiger charge is 2.04. The number of halogens is 2. The van der Waals surface area contributed by atoms with Crippen molar-refractivity contribution in [3.63, 3.8) is 0 Å². The smallest absolute Gasteiger partial charge is 0.159 e. The Balaban J connectivity index is 0.000000162. The maximum absolute atomic E-state index is 12.9. The van der Waals surface area contributed by atoms with E-state index in [0.717, 1.165) is 23.0 Å². The van der Waals surface area contributed by atoms with Crippen molar-refractivity contribution in [1.29, 1.82) is 0 Å². The molecule has 4 heteroatoms. The Morgan fingerprint density at radius 2 is 1.07 bits per heavy atom. The lowest BCUT2D eigenvalue weighted by atomic mass is 10.1. The maximum Gasteiger partial charge on any atom is 0.159 e. The van der Waals surface area contributed by atoms with E-state index in [0.29, 0.717) is 5.56 Å². The van der Waals surface area contributed by atoms with Gasteiger partial charge in [-0.3, -0.25) is 9.97 Å². The van der Waals surface area contributed by atoms with Crippen molar-refractivity contribution in [2.75, 3.05) is 0 Å². The van der Waals surface area contributed by atoms with Gasteiger partial charge in [0.05, 0.1) is 0 Å². The average molecular weight is 374 g/mol. The van der Waals surface area contributed by atoms with Gasteiger partial charge in [-0.2, -0.15) is 0 Å². The molecule has 0 saturated carbocycles. The zero-order valence-corrected chi connectivity index (χ0v) is 15.7. The summed E-state index contributed by atoms with van der Waals surface area (Å²) < 4.78 is 25.6. The lowest BCUT2D eigenvalue weighted by Gasteiger charge is -2.02. The summed E-state index contributed by atoms with van der Waals surface area (Å²) in [7, 11) is 0. The van der Waals surface area contributed by atoms with Crippen LogP contribution in [0.2, 0.25) is 0 Å². The Bertz CT molecular complexity index is 1030. The van der Waals surface area contributed by atoms with Crippen molar-refractivity contribution in [2.24, 2.45) is 0 Å². The summed E-state index contributed by atoms with van der Waals surface area (Å²) in [5, 5.41) is 0. The minimum absolute atomic E-state index is 0.626. The zero-order chi connectivity index (χ0) is 19.9. The van der Waals surface area contributed by atoms with Crippen LogP contribution in [0.5, 0.6) is 0 Å². The molecule has 0 N–H and O–H groups in total. The predicted octanol–water partition coefficient (Wildman–Crippen LogP) is 6.39. The highest BCUT2D eigenvalue weighted by atomic mass is 19.2. The third kappa shape index (κ3) is 5.07. The van der Waals surface area contributed by atoms with E-state index in [1.807, 2.05) is 56.4 Å². The van der Waals surface area contributed by atoms with Crippen LogP contribution in [0, 0.1) is 25.5 Å². The average Bonchev–Trinajstić information content (AvgIpc) is 2.72. The van der Waals surface area contributed by atoms with Gasteiger partial charge in [0.15, 0.2) is 11.6 Å². The van der Waals surface area contributed by atoms with Crippen LogP contribution in [0.15, 0.2) is 85.2 Å². The topological polar surface area (TPSA) is 25.8 Å². The number of nitrogens with zero attached hydrogens (tertiary/aromatic N) is 2. The van der Waals surface area contributed by atoms with Crippen LogP contribution in [0.25, 0.3) is 22.3 Å². The molecule has 28 heavy (non-hydrogen) atoms. The fourth-order valence-electron chi connectivity index (χ4n) is 2.58. The molecule has 4 aromatic rings. The van der Waals surface area contributed by atoms with Crippen LogP contribution in [0.4, 0.5) is 8.78 Å². The van der Waals surface area contributed by atoms with Crippen LogP contribution >= 0.6 is 0 Å². The second-order valence-electron chi connectivity index (χ2n) is 6.37. The Morgan fingerprint density at radius 1 is 0.536 bits per heavy atom. The number of aromatic nitrogens is 2. The van der Waals surface area contributed by atoms with E-state index in [2.05, 4.69) is 28.2 Å². The summed E-state index contributed by atoms with van der Waals surface area (Å²) >= 11 is 0. The lowest BCUT2D eigenvalue weighted by molar-refractivity contribution is 0.509. The number of aryl methyl sites for hydroxylation is 2. The molecule has 2 heterocycles. The molecule has 0 saturated heterocycles. The van der Waals surface area contributed by atoms with Crippen molar-refractivity contribution in [3.05, 3.63) is 108 Å². The first-order valence-electron chi connectivity index (χ1n) is 8.89. The highest BCUT2D eigenvalue weighted by molar-refractivity contribution is 5.63. The predicted molar refractivity (Wildman–Crippen MR) is 109 cm³/mol. The molecular formula is C24H20F2N2. The van der Waals surface area contributed by atoms with E-state index in [1.165, 1.54) is 23.3 Å². The standard InChI is InChI=1S/C12H9F2N.C12H11N/c1-8-2-3-10(7-15-8)9-4-5-11(13)12(14)6-9;1-10-7-8-12(9-13-10)11-5-3-2-4-6-11/h2-7H,1H3;2-9H,1H3. The van der Waals surface area contributed by atoms with E-state index >= 15 is 0 Å². The van der Waals surface area contributed by atoms with Gasteiger partial charge in [-0.25, -0.2) is 8.78 Å². The van der Waals surface area contributed by atoms with E-state index in [4.69, 9.17) is 0 Å². The molecule has 2 nitrogen and oxygen atoms in total. The van der Waals surface area contributed by atoms with Gasteiger partial charge in [-0.15, -0.1) is 0 Å². The third-order valence-corrected chi connectivity index (χ3v) is 4.18. The van der Waals surface area contributed by atoms with Crippen molar-refractivity contribution >= 4 is 0 Å². The molecule has 140 valence electrons. The van der Waals surface area contributed by atoms with Gasteiger partial charge in [-0.1, -0.05) is 48.5 Å². The minimum Gasteiger partial charge on any atom is -0.261 e. The third-order valence-electron chi connectivity index (χ3n) is 4.18. The van der Waals surface area contributed by atoms with E-state index < -0.39 is 11.6 Å². The number of hydrogen-bond acceptors (Lipinski definition) is 2. The summed E-state index contributed by atoms with van der Waals surface area (Å²) in [5.74, 6) is -1.67. The summed E-state index contributed by atoms with van der Waals surface area (Å²) in [6.45, 7) is 3.86. The Morgan fingerprint density at radius 3 is 1.57 bits per heavy atom. The molecule has 0 aliphatic rings. The van der Waals surface area contributed by atoms with E-state index in [1.54, 1.807) is 6.20 Å². The van der Waals surface area contributed by atoms with Crippen molar-refractivity contribution in [1.82, 2.24) is 9.97 Å². The van der Waals surface area contributed by atoms with Gasteiger partial charge in [0, 0.05) is 34.9 Å². The molecule has 0 aliphatic carbocycles. The molecule has 2 aromatic heterocycles. The largest absolute Gasteiger partial charge is 0.261 e. The monoisotopic (exact) mass is 374 g/mol.